The van der Waals surface area contributed by atoms with Crippen molar-refractivity contribution in [1.29, 1.82) is 0 Å². The van der Waals surface area contributed by atoms with Crippen molar-refractivity contribution in [2.75, 3.05) is 7.11 Å². The molecule has 0 aliphatic rings. The Morgan fingerprint density at radius 1 is 1.28 bits per heavy atom. The van der Waals surface area contributed by atoms with E-state index in [0.717, 1.165) is 0 Å². The summed E-state index contributed by atoms with van der Waals surface area (Å²) >= 11 is 0. The molecule has 2 rings (SSSR count). The van der Waals surface area contributed by atoms with E-state index >= 15 is 0 Å². The van der Waals surface area contributed by atoms with E-state index in [1.54, 1.807) is 18.2 Å². The van der Waals surface area contributed by atoms with Crippen molar-refractivity contribution in [3.05, 3.63) is 59.3 Å². The molecule has 2 N–H and O–H groups in total. The number of rotatable bonds is 3. The summed E-state index contributed by atoms with van der Waals surface area (Å²) in [5.74, 6) is -0.389. The van der Waals surface area contributed by atoms with E-state index in [1.807, 2.05) is 0 Å². The smallest absolute Gasteiger partial charge is 0.373 e. The predicted molar refractivity (Wildman–Crippen MR) is 62.5 cm³/mol. The summed E-state index contributed by atoms with van der Waals surface area (Å²) in [7, 11) is 1.27. The first-order valence-electron chi connectivity index (χ1n) is 5.31. The molecule has 94 valence electrons. The van der Waals surface area contributed by atoms with Crippen LogP contribution in [0.25, 0.3) is 0 Å². The van der Waals surface area contributed by atoms with Crippen LogP contribution < -0.4 is 5.73 Å². The van der Waals surface area contributed by atoms with Crippen LogP contribution in [0.4, 0.5) is 4.39 Å². The van der Waals surface area contributed by atoms with E-state index in [-0.39, 0.29) is 11.6 Å². The zero-order valence-corrected chi connectivity index (χ0v) is 9.72. The van der Waals surface area contributed by atoms with Crippen molar-refractivity contribution in [2.24, 2.45) is 5.73 Å². The molecule has 0 saturated heterocycles. The van der Waals surface area contributed by atoms with Crippen LogP contribution in [-0.4, -0.2) is 13.1 Å². The Balaban J connectivity index is 2.23. The molecule has 0 bridgehead atoms. The first-order valence-corrected chi connectivity index (χ1v) is 5.31. The van der Waals surface area contributed by atoms with Crippen LogP contribution in [0.2, 0.25) is 0 Å². The maximum Gasteiger partial charge on any atom is 0.373 e. The van der Waals surface area contributed by atoms with Crippen molar-refractivity contribution in [1.82, 2.24) is 0 Å². The number of furan rings is 1. The SMILES string of the molecule is COC(=O)c1ccc(C(N)c2ccc(F)cc2)o1. The standard InChI is InChI=1S/C13H12FNO3/c1-17-13(16)11-7-6-10(18-11)12(15)8-2-4-9(14)5-3-8/h2-7,12H,15H2,1H3. The lowest BCUT2D eigenvalue weighted by Crippen LogP contribution is -2.11. The van der Waals surface area contributed by atoms with Gasteiger partial charge in [0.2, 0.25) is 5.76 Å². The number of hydrogen-bond acceptors (Lipinski definition) is 4. The number of ether oxygens (including phenoxy) is 1. The molecule has 1 unspecified atom stereocenters. The molecule has 0 fully saturated rings. The molecule has 1 aromatic heterocycles. The van der Waals surface area contributed by atoms with E-state index in [9.17, 15) is 9.18 Å². The van der Waals surface area contributed by atoms with Gasteiger partial charge in [-0.1, -0.05) is 12.1 Å². The quantitative estimate of drug-likeness (QED) is 0.847. The highest BCUT2D eigenvalue weighted by molar-refractivity contribution is 5.86. The zero-order valence-electron chi connectivity index (χ0n) is 9.72. The first-order chi connectivity index (χ1) is 8.61. The highest BCUT2D eigenvalue weighted by Crippen LogP contribution is 2.22. The molecule has 0 saturated carbocycles. The third-order valence-corrected chi connectivity index (χ3v) is 2.55. The number of carbonyl (C=O) groups is 1. The highest BCUT2D eigenvalue weighted by atomic mass is 19.1. The Morgan fingerprint density at radius 3 is 2.56 bits per heavy atom. The van der Waals surface area contributed by atoms with Gasteiger partial charge < -0.3 is 14.9 Å². The fourth-order valence-electron chi connectivity index (χ4n) is 1.56. The van der Waals surface area contributed by atoms with Crippen LogP contribution in [0.15, 0.2) is 40.8 Å². The summed E-state index contributed by atoms with van der Waals surface area (Å²) in [6.07, 6.45) is 0. The molecule has 0 aliphatic heterocycles. The van der Waals surface area contributed by atoms with E-state index in [0.29, 0.717) is 11.3 Å². The first kappa shape index (κ1) is 12.3. The Kier molecular flexibility index (Phi) is 3.43. The molecule has 4 nitrogen and oxygen atoms in total. The van der Waals surface area contributed by atoms with Gasteiger partial charge in [0.05, 0.1) is 13.2 Å². The maximum absolute atomic E-state index is 12.8. The summed E-state index contributed by atoms with van der Waals surface area (Å²) in [4.78, 5) is 11.2. The molecule has 0 radical (unpaired) electrons. The number of benzene rings is 1. The summed E-state index contributed by atoms with van der Waals surface area (Å²) in [5, 5.41) is 0. The minimum atomic E-state index is -0.562. The number of methoxy groups -OCH3 is 1. The molecule has 1 aromatic carbocycles. The second kappa shape index (κ2) is 5.01. The molecule has 1 atom stereocenters. The topological polar surface area (TPSA) is 65.5 Å². The molecule has 5 heteroatoms. The Morgan fingerprint density at radius 2 is 1.94 bits per heavy atom. The van der Waals surface area contributed by atoms with Crippen molar-refractivity contribution in [3.8, 4) is 0 Å². The lowest BCUT2D eigenvalue weighted by Gasteiger charge is -2.08. The molecule has 18 heavy (non-hydrogen) atoms. The zero-order chi connectivity index (χ0) is 13.1. The van der Waals surface area contributed by atoms with Crippen LogP contribution >= 0.6 is 0 Å². The van der Waals surface area contributed by atoms with Crippen molar-refractivity contribution in [3.63, 3.8) is 0 Å². The fraction of sp³-hybridized carbons (Fsp3) is 0.154. The normalized spacial score (nSPS) is 12.2. The van der Waals surface area contributed by atoms with Crippen molar-refractivity contribution in [2.45, 2.75) is 6.04 Å². The molecule has 0 amide bonds. The summed E-state index contributed by atoms with van der Waals surface area (Å²) in [5.41, 5.74) is 6.65. The summed E-state index contributed by atoms with van der Waals surface area (Å²) < 4.78 is 22.6. The third kappa shape index (κ3) is 2.41. The predicted octanol–water partition coefficient (Wildman–Crippen LogP) is 2.25. The van der Waals surface area contributed by atoms with Gasteiger partial charge in [-0.3, -0.25) is 0 Å². The van der Waals surface area contributed by atoms with Gasteiger partial charge in [-0.05, 0) is 29.8 Å². The number of halogens is 1. The molecular weight excluding hydrogens is 237 g/mol. The molecule has 0 spiro atoms. The van der Waals surface area contributed by atoms with Crippen molar-refractivity contribution >= 4 is 5.97 Å². The average molecular weight is 249 g/mol. The van der Waals surface area contributed by atoms with Gasteiger partial charge in [-0.15, -0.1) is 0 Å². The number of nitrogens with two attached hydrogens (primary N) is 1. The van der Waals surface area contributed by atoms with Gasteiger partial charge in [0.25, 0.3) is 0 Å². The van der Waals surface area contributed by atoms with E-state index in [4.69, 9.17) is 10.2 Å². The Hall–Kier alpha value is -2.14. The Labute approximate surface area is 103 Å². The second-order valence-electron chi connectivity index (χ2n) is 3.72. The largest absolute Gasteiger partial charge is 0.463 e. The summed E-state index contributed by atoms with van der Waals surface area (Å²) in [6, 6.07) is 8.31. The average Bonchev–Trinajstić information content (AvgIpc) is 2.87. The number of hydrogen-bond donors (Lipinski definition) is 1. The minimum absolute atomic E-state index is 0.0880. The fourth-order valence-corrected chi connectivity index (χ4v) is 1.56. The summed E-state index contributed by atoms with van der Waals surface area (Å²) in [6.45, 7) is 0. The maximum atomic E-state index is 12.8. The number of esters is 1. The van der Waals surface area contributed by atoms with E-state index in [1.165, 1.54) is 25.3 Å². The monoisotopic (exact) mass is 249 g/mol. The van der Waals surface area contributed by atoms with Gasteiger partial charge in [0.15, 0.2) is 0 Å². The van der Waals surface area contributed by atoms with Crippen LogP contribution in [-0.2, 0) is 4.74 Å². The highest BCUT2D eigenvalue weighted by Gasteiger charge is 2.16. The lowest BCUT2D eigenvalue weighted by atomic mass is 10.1. The lowest BCUT2D eigenvalue weighted by molar-refractivity contribution is 0.0562. The van der Waals surface area contributed by atoms with Gasteiger partial charge in [0.1, 0.15) is 11.6 Å². The van der Waals surface area contributed by atoms with Crippen LogP contribution in [0.5, 0.6) is 0 Å². The van der Waals surface area contributed by atoms with E-state index in [2.05, 4.69) is 4.74 Å². The molecule has 1 heterocycles. The van der Waals surface area contributed by atoms with E-state index < -0.39 is 12.0 Å². The molecule has 0 aliphatic carbocycles. The van der Waals surface area contributed by atoms with Crippen LogP contribution in [0, 0.1) is 5.82 Å². The number of carbonyl (C=O) groups excluding carboxylic acids is 1. The van der Waals surface area contributed by atoms with Gasteiger partial charge in [-0.2, -0.15) is 0 Å². The van der Waals surface area contributed by atoms with Crippen LogP contribution in [0.1, 0.15) is 27.9 Å². The second-order valence-corrected chi connectivity index (χ2v) is 3.72. The molecular formula is C13H12FNO3. The van der Waals surface area contributed by atoms with Gasteiger partial charge >= 0.3 is 5.97 Å². The Bertz CT molecular complexity index is 548. The van der Waals surface area contributed by atoms with Gasteiger partial charge in [-0.25, -0.2) is 9.18 Å². The van der Waals surface area contributed by atoms with Crippen molar-refractivity contribution < 1.29 is 18.3 Å². The third-order valence-electron chi connectivity index (χ3n) is 2.55. The minimum Gasteiger partial charge on any atom is -0.463 e. The van der Waals surface area contributed by atoms with Crippen LogP contribution in [0.3, 0.4) is 0 Å². The van der Waals surface area contributed by atoms with Gasteiger partial charge in [0, 0.05) is 0 Å². The molecule has 2 aromatic rings.